The van der Waals surface area contributed by atoms with E-state index in [0.29, 0.717) is 19.4 Å². The predicted molar refractivity (Wildman–Crippen MR) is 147 cm³/mol. The molecule has 2 amide bonds. The summed E-state index contributed by atoms with van der Waals surface area (Å²) in [5, 5.41) is 15.2. The van der Waals surface area contributed by atoms with E-state index < -0.39 is 24.1 Å². The van der Waals surface area contributed by atoms with Crippen molar-refractivity contribution >= 4 is 17.8 Å². The van der Waals surface area contributed by atoms with Crippen molar-refractivity contribution in [2.75, 3.05) is 13.1 Å². The zero-order valence-electron chi connectivity index (χ0n) is 23.2. The van der Waals surface area contributed by atoms with Crippen LogP contribution in [0.3, 0.4) is 0 Å². The summed E-state index contributed by atoms with van der Waals surface area (Å²) in [7, 11) is 0. The first-order valence-corrected chi connectivity index (χ1v) is 14.6. The van der Waals surface area contributed by atoms with Crippen molar-refractivity contribution in [3.05, 3.63) is 12.2 Å². The summed E-state index contributed by atoms with van der Waals surface area (Å²) in [5.41, 5.74) is 0. The van der Waals surface area contributed by atoms with E-state index in [2.05, 4.69) is 29.7 Å². The maximum absolute atomic E-state index is 12.6. The molecule has 0 unspecified atom stereocenters. The van der Waals surface area contributed by atoms with Crippen LogP contribution in [0.15, 0.2) is 12.2 Å². The number of nitrogens with zero attached hydrogens (tertiary/aromatic N) is 1. The van der Waals surface area contributed by atoms with E-state index in [1.807, 2.05) is 0 Å². The average Bonchev–Trinajstić information content (AvgIpc) is 3.35. The minimum Gasteiger partial charge on any atom is -0.480 e. The molecule has 1 rings (SSSR count). The number of hydrogen-bond acceptors (Lipinski definition) is 4. The molecule has 0 spiro atoms. The van der Waals surface area contributed by atoms with Crippen LogP contribution in [0.5, 0.6) is 0 Å². The van der Waals surface area contributed by atoms with Crippen LogP contribution < -0.4 is 10.6 Å². The van der Waals surface area contributed by atoms with Crippen molar-refractivity contribution < 1.29 is 19.5 Å². The lowest BCUT2D eigenvalue weighted by molar-refractivity contribution is -0.149. The molecule has 7 nitrogen and oxygen atoms in total. The molecule has 0 radical (unpaired) electrons. The molecule has 1 saturated heterocycles. The first kappa shape index (κ1) is 32.1. The van der Waals surface area contributed by atoms with Gasteiger partial charge in [-0.3, -0.25) is 9.59 Å². The van der Waals surface area contributed by atoms with Gasteiger partial charge >= 0.3 is 5.97 Å². The number of allylic oxidation sites excluding steroid dienone is 2. The van der Waals surface area contributed by atoms with Crippen molar-refractivity contribution in [1.82, 2.24) is 15.5 Å². The quantitative estimate of drug-likeness (QED) is 0.139. The lowest BCUT2D eigenvalue weighted by Gasteiger charge is -2.26. The number of aliphatic carboxylic acids is 1. The fourth-order valence-electron chi connectivity index (χ4n) is 4.72. The molecule has 1 heterocycles. The van der Waals surface area contributed by atoms with Gasteiger partial charge in [0.2, 0.25) is 11.8 Å². The summed E-state index contributed by atoms with van der Waals surface area (Å²) >= 11 is 0. The van der Waals surface area contributed by atoms with Crippen LogP contribution in [0.2, 0.25) is 0 Å². The second kappa shape index (κ2) is 20.2. The molecule has 3 N–H and O–H groups in total. The van der Waals surface area contributed by atoms with Crippen molar-refractivity contribution in [3.63, 3.8) is 0 Å². The minimum absolute atomic E-state index is 0.230. The Bertz CT molecular complexity index is 652. The molecule has 1 aliphatic rings. The summed E-state index contributed by atoms with van der Waals surface area (Å²) < 4.78 is 0. The number of hydrogen-bond donors (Lipinski definition) is 3. The highest BCUT2D eigenvalue weighted by Crippen LogP contribution is 2.18. The van der Waals surface area contributed by atoms with Gasteiger partial charge in [0, 0.05) is 6.54 Å². The maximum atomic E-state index is 12.6. The van der Waals surface area contributed by atoms with E-state index in [-0.39, 0.29) is 11.8 Å². The Morgan fingerprint density at radius 2 is 1.42 bits per heavy atom. The number of likely N-dealkylation sites (tertiary alicyclic amines) is 1. The molecule has 1 aliphatic heterocycles. The number of rotatable bonds is 21. The SMILES string of the molecule is CCCCCCCC/C=C\CCCCCCCCN[C@@H](C)C(=O)N[C@@H](C)C(=O)N1CCC[C@H]1C(=O)O. The monoisotopic (exact) mass is 507 g/mol. The molecule has 0 saturated carbocycles. The summed E-state index contributed by atoms with van der Waals surface area (Å²) in [6.07, 6.45) is 23.7. The average molecular weight is 508 g/mol. The summed E-state index contributed by atoms with van der Waals surface area (Å²) in [4.78, 5) is 37.7. The van der Waals surface area contributed by atoms with Gasteiger partial charge in [-0.05, 0) is 65.3 Å². The van der Waals surface area contributed by atoms with Gasteiger partial charge in [0.05, 0.1) is 6.04 Å². The molecule has 0 aromatic heterocycles. The second-order valence-corrected chi connectivity index (χ2v) is 10.4. The van der Waals surface area contributed by atoms with Gasteiger partial charge in [-0.15, -0.1) is 0 Å². The fraction of sp³-hybridized carbons (Fsp3) is 0.828. The van der Waals surface area contributed by atoms with E-state index in [1.54, 1.807) is 13.8 Å². The second-order valence-electron chi connectivity index (χ2n) is 10.4. The third-order valence-electron chi connectivity index (χ3n) is 7.08. The highest BCUT2D eigenvalue weighted by atomic mass is 16.4. The summed E-state index contributed by atoms with van der Waals surface area (Å²) in [5.74, 6) is -1.54. The van der Waals surface area contributed by atoms with Crippen molar-refractivity contribution in [2.24, 2.45) is 0 Å². The first-order chi connectivity index (χ1) is 17.4. The number of carboxylic acid groups (broad SMARTS) is 1. The molecule has 0 bridgehead atoms. The lowest BCUT2D eigenvalue weighted by Crippen LogP contribution is -2.53. The van der Waals surface area contributed by atoms with Gasteiger partial charge in [-0.1, -0.05) is 76.9 Å². The third-order valence-corrected chi connectivity index (χ3v) is 7.08. The van der Waals surface area contributed by atoms with Gasteiger partial charge in [0.25, 0.3) is 0 Å². The molecule has 0 aromatic carbocycles. The van der Waals surface area contributed by atoms with E-state index in [4.69, 9.17) is 0 Å². The Morgan fingerprint density at radius 3 is 2.00 bits per heavy atom. The highest BCUT2D eigenvalue weighted by Gasteiger charge is 2.36. The van der Waals surface area contributed by atoms with Crippen LogP contribution in [-0.4, -0.2) is 59.0 Å². The molecule has 36 heavy (non-hydrogen) atoms. The fourth-order valence-corrected chi connectivity index (χ4v) is 4.72. The number of carboxylic acids is 1. The van der Waals surface area contributed by atoms with Crippen LogP contribution in [0.25, 0.3) is 0 Å². The van der Waals surface area contributed by atoms with E-state index >= 15 is 0 Å². The molecular formula is C29H53N3O4. The van der Waals surface area contributed by atoms with Gasteiger partial charge in [-0.2, -0.15) is 0 Å². The van der Waals surface area contributed by atoms with Crippen LogP contribution in [0.4, 0.5) is 0 Å². The number of carbonyl (C=O) groups is 3. The van der Waals surface area contributed by atoms with Gasteiger partial charge in [0.1, 0.15) is 12.1 Å². The molecule has 208 valence electrons. The van der Waals surface area contributed by atoms with E-state index in [0.717, 1.165) is 19.4 Å². The van der Waals surface area contributed by atoms with Gasteiger partial charge in [0.15, 0.2) is 0 Å². The number of carbonyl (C=O) groups excluding carboxylic acids is 2. The third kappa shape index (κ3) is 14.0. The topological polar surface area (TPSA) is 98.7 Å². The lowest BCUT2D eigenvalue weighted by atomic mass is 10.1. The van der Waals surface area contributed by atoms with E-state index in [9.17, 15) is 19.5 Å². The Balaban J connectivity index is 2.00. The molecule has 7 heteroatoms. The van der Waals surface area contributed by atoms with Crippen molar-refractivity contribution in [1.29, 1.82) is 0 Å². The van der Waals surface area contributed by atoms with Crippen molar-refractivity contribution in [3.8, 4) is 0 Å². The normalized spacial score (nSPS) is 17.4. The Kier molecular flexibility index (Phi) is 18.0. The smallest absolute Gasteiger partial charge is 0.326 e. The number of nitrogens with one attached hydrogen (secondary N) is 2. The largest absolute Gasteiger partial charge is 0.480 e. The van der Waals surface area contributed by atoms with Gasteiger partial charge < -0.3 is 20.6 Å². The van der Waals surface area contributed by atoms with Crippen LogP contribution in [-0.2, 0) is 14.4 Å². The standard InChI is InChI=1S/C29H53N3O4/c1-4-5-6-7-8-9-10-11-12-13-14-15-16-17-18-19-22-30-24(2)27(33)31-25(3)28(34)32-23-20-21-26(32)29(35)36/h11-12,24-26,30H,4-10,13-23H2,1-3H3,(H,31,33)(H,35,36)/b12-11-/t24-,25-,26-/m0/s1. The number of unbranched alkanes of at least 4 members (excludes halogenated alkanes) is 12. The van der Waals surface area contributed by atoms with Crippen LogP contribution >= 0.6 is 0 Å². The van der Waals surface area contributed by atoms with Crippen molar-refractivity contribution in [2.45, 2.75) is 142 Å². The summed E-state index contributed by atoms with van der Waals surface area (Å²) in [6.45, 7) is 6.87. The predicted octanol–water partition coefficient (Wildman–Crippen LogP) is 5.58. The Labute approximate surface area is 219 Å². The summed E-state index contributed by atoms with van der Waals surface area (Å²) in [6, 6.07) is -1.90. The molecule has 0 aromatic rings. The Hall–Kier alpha value is -1.89. The van der Waals surface area contributed by atoms with E-state index in [1.165, 1.54) is 81.9 Å². The Morgan fingerprint density at radius 1 is 0.861 bits per heavy atom. The highest BCUT2D eigenvalue weighted by molar-refractivity contribution is 5.91. The molecule has 3 atom stereocenters. The molecule has 0 aliphatic carbocycles. The van der Waals surface area contributed by atoms with Gasteiger partial charge in [-0.25, -0.2) is 4.79 Å². The zero-order valence-corrected chi connectivity index (χ0v) is 23.2. The first-order valence-electron chi connectivity index (χ1n) is 14.6. The minimum atomic E-state index is -0.981. The molecular weight excluding hydrogens is 454 g/mol. The van der Waals surface area contributed by atoms with Crippen LogP contribution in [0.1, 0.15) is 124 Å². The molecule has 1 fully saturated rings. The maximum Gasteiger partial charge on any atom is 0.326 e. The zero-order chi connectivity index (χ0) is 26.6. The van der Waals surface area contributed by atoms with Crippen LogP contribution in [0, 0.1) is 0 Å². The number of amides is 2.